The molecule has 2 bridgehead atoms. The molecule has 0 amide bonds. The summed E-state index contributed by atoms with van der Waals surface area (Å²) in [5, 5.41) is 9.93. The van der Waals surface area contributed by atoms with Crippen molar-refractivity contribution in [2.75, 3.05) is 0 Å². The van der Waals surface area contributed by atoms with Crippen LogP contribution in [0.15, 0.2) is 12.1 Å². The van der Waals surface area contributed by atoms with Crippen molar-refractivity contribution in [3.63, 3.8) is 0 Å². The van der Waals surface area contributed by atoms with E-state index in [0.29, 0.717) is 29.8 Å². The Morgan fingerprint density at radius 1 is 1.35 bits per heavy atom. The van der Waals surface area contributed by atoms with Gasteiger partial charge in [-0.2, -0.15) is 0 Å². The highest BCUT2D eigenvalue weighted by Crippen LogP contribution is 2.58. The number of aromatic hydroxyl groups is 1. The number of hydrogen-bond acceptors (Lipinski definition) is 3. The summed E-state index contributed by atoms with van der Waals surface area (Å²) < 4.78 is 5.36. The fourth-order valence-corrected chi connectivity index (χ4v) is 3.24. The molecule has 2 aliphatic carbocycles. The van der Waals surface area contributed by atoms with Gasteiger partial charge in [0.1, 0.15) is 11.5 Å². The SMILES string of the molecule is CCC(=O)Oc1ccc(O)c2c1[C@H]1CC[C@@H]2C1. The van der Waals surface area contributed by atoms with Gasteiger partial charge < -0.3 is 9.84 Å². The normalized spacial score (nSPS) is 24.8. The number of carbonyl (C=O) groups excluding carboxylic acids is 1. The Kier molecular flexibility index (Phi) is 2.35. The number of benzene rings is 1. The van der Waals surface area contributed by atoms with E-state index >= 15 is 0 Å². The van der Waals surface area contributed by atoms with Crippen LogP contribution in [-0.4, -0.2) is 11.1 Å². The van der Waals surface area contributed by atoms with Gasteiger partial charge in [-0.3, -0.25) is 4.79 Å². The average Bonchev–Trinajstić information content (AvgIpc) is 2.93. The van der Waals surface area contributed by atoms with E-state index < -0.39 is 0 Å². The first-order valence-corrected chi connectivity index (χ1v) is 6.27. The van der Waals surface area contributed by atoms with Gasteiger partial charge in [-0.25, -0.2) is 0 Å². The number of phenols is 1. The highest BCUT2D eigenvalue weighted by Gasteiger charge is 2.41. The predicted molar refractivity (Wildman–Crippen MR) is 63.4 cm³/mol. The topological polar surface area (TPSA) is 46.5 Å². The Morgan fingerprint density at radius 2 is 2.06 bits per heavy atom. The lowest BCUT2D eigenvalue weighted by atomic mass is 9.90. The van der Waals surface area contributed by atoms with Gasteiger partial charge in [0.25, 0.3) is 0 Å². The Morgan fingerprint density at radius 3 is 2.76 bits per heavy atom. The van der Waals surface area contributed by atoms with Crippen LogP contribution < -0.4 is 4.74 Å². The maximum atomic E-state index is 11.4. The summed E-state index contributed by atoms with van der Waals surface area (Å²) in [5.41, 5.74) is 2.12. The Bertz CT molecular complexity index is 479. The van der Waals surface area contributed by atoms with E-state index in [1.54, 1.807) is 19.1 Å². The molecule has 3 heteroatoms. The van der Waals surface area contributed by atoms with Gasteiger partial charge in [-0.15, -0.1) is 0 Å². The van der Waals surface area contributed by atoms with Crippen LogP contribution in [0.3, 0.4) is 0 Å². The second kappa shape index (κ2) is 3.76. The molecule has 0 heterocycles. The van der Waals surface area contributed by atoms with Gasteiger partial charge in [0.15, 0.2) is 0 Å². The molecule has 1 fully saturated rings. The summed E-state index contributed by atoms with van der Waals surface area (Å²) in [6, 6.07) is 3.38. The van der Waals surface area contributed by atoms with Gasteiger partial charge >= 0.3 is 5.97 Å². The third-order valence-electron chi connectivity index (χ3n) is 3.99. The molecular formula is C14H16O3. The number of hydrogen-bond donors (Lipinski definition) is 1. The lowest BCUT2D eigenvalue weighted by Gasteiger charge is -2.19. The van der Waals surface area contributed by atoms with Crippen LogP contribution in [0, 0.1) is 0 Å². The number of carbonyl (C=O) groups is 1. The Balaban J connectivity index is 2.05. The number of ether oxygens (including phenoxy) is 1. The Labute approximate surface area is 100 Å². The van der Waals surface area contributed by atoms with Gasteiger partial charge in [-0.1, -0.05) is 6.92 Å². The van der Waals surface area contributed by atoms with E-state index in [1.165, 1.54) is 0 Å². The largest absolute Gasteiger partial charge is 0.508 e. The molecule has 0 unspecified atom stereocenters. The lowest BCUT2D eigenvalue weighted by molar-refractivity contribution is -0.134. The quantitative estimate of drug-likeness (QED) is 0.629. The fraction of sp³-hybridized carbons (Fsp3) is 0.500. The molecule has 1 saturated carbocycles. The van der Waals surface area contributed by atoms with Gasteiger partial charge in [0, 0.05) is 17.5 Å². The summed E-state index contributed by atoms with van der Waals surface area (Å²) in [6.07, 6.45) is 3.78. The van der Waals surface area contributed by atoms with E-state index in [2.05, 4.69) is 0 Å². The summed E-state index contributed by atoms with van der Waals surface area (Å²) in [6.45, 7) is 1.79. The maximum Gasteiger partial charge on any atom is 0.310 e. The zero-order valence-electron chi connectivity index (χ0n) is 9.90. The van der Waals surface area contributed by atoms with Crippen LogP contribution >= 0.6 is 0 Å². The van der Waals surface area contributed by atoms with Crippen molar-refractivity contribution in [1.29, 1.82) is 0 Å². The molecule has 0 spiro atoms. The molecule has 3 nitrogen and oxygen atoms in total. The van der Waals surface area contributed by atoms with Gasteiger partial charge in [0.2, 0.25) is 0 Å². The molecule has 2 atom stereocenters. The monoisotopic (exact) mass is 232 g/mol. The van der Waals surface area contributed by atoms with Crippen LogP contribution in [0.5, 0.6) is 11.5 Å². The number of esters is 1. The molecule has 90 valence electrons. The van der Waals surface area contributed by atoms with Crippen LogP contribution in [-0.2, 0) is 4.79 Å². The molecule has 1 aromatic carbocycles. The number of rotatable bonds is 2. The highest BCUT2D eigenvalue weighted by molar-refractivity contribution is 5.73. The molecule has 1 N–H and O–H groups in total. The van der Waals surface area contributed by atoms with Crippen LogP contribution in [0.2, 0.25) is 0 Å². The predicted octanol–water partition coefficient (Wildman–Crippen LogP) is 3.07. The van der Waals surface area contributed by atoms with Crippen LogP contribution in [0.1, 0.15) is 55.6 Å². The molecule has 2 aliphatic rings. The molecule has 0 saturated heterocycles. The third-order valence-corrected chi connectivity index (χ3v) is 3.99. The fourth-order valence-electron chi connectivity index (χ4n) is 3.24. The molecule has 0 radical (unpaired) electrons. The zero-order valence-corrected chi connectivity index (χ0v) is 9.90. The number of fused-ring (bicyclic) bond motifs is 5. The van der Waals surface area contributed by atoms with Gasteiger partial charge in [0.05, 0.1) is 0 Å². The molecule has 1 aromatic rings. The van der Waals surface area contributed by atoms with E-state index in [9.17, 15) is 9.90 Å². The summed E-state index contributed by atoms with van der Waals surface area (Å²) >= 11 is 0. The standard InChI is InChI=1S/C14H16O3/c1-2-12(16)17-11-6-5-10(15)13-8-3-4-9(7-8)14(11)13/h5-6,8-9,15H,2-4,7H2,1H3/t8-,9+/m1/s1. The third kappa shape index (κ3) is 1.53. The summed E-state index contributed by atoms with van der Waals surface area (Å²) in [4.78, 5) is 11.4. The van der Waals surface area contributed by atoms with Crippen molar-refractivity contribution in [3.8, 4) is 11.5 Å². The van der Waals surface area contributed by atoms with Crippen LogP contribution in [0.4, 0.5) is 0 Å². The average molecular weight is 232 g/mol. The van der Waals surface area contributed by atoms with Crippen molar-refractivity contribution < 1.29 is 14.6 Å². The van der Waals surface area contributed by atoms with Gasteiger partial charge in [-0.05, 0) is 43.2 Å². The number of phenolic OH excluding ortho intramolecular Hbond substituents is 1. The van der Waals surface area contributed by atoms with E-state index in [1.807, 2.05) is 0 Å². The Hall–Kier alpha value is -1.51. The lowest BCUT2D eigenvalue weighted by Crippen LogP contribution is -2.09. The molecule has 0 aliphatic heterocycles. The van der Waals surface area contributed by atoms with E-state index in [4.69, 9.17) is 4.74 Å². The first-order valence-electron chi connectivity index (χ1n) is 6.27. The second-order valence-electron chi connectivity index (χ2n) is 4.94. The van der Waals surface area contributed by atoms with Crippen molar-refractivity contribution in [3.05, 3.63) is 23.3 Å². The minimum absolute atomic E-state index is 0.208. The minimum atomic E-state index is -0.208. The molecule has 17 heavy (non-hydrogen) atoms. The minimum Gasteiger partial charge on any atom is -0.508 e. The zero-order chi connectivity index (χ0) is 12.0. The molecule has 3 rings (SSSR count). The first kappa shape index (κ1) is 10.6. The molecule has 0 aromatic heterocycles. The van der Waals surface area contributed by atoms with Crippen LogP contribution in [0.25, 0.3) is 0 Å². The van der Waals surface area contributed by atoms with E-state index in [0.717, 1.165) is 30.4 Å². The van der Waals surface area contributed by atoms with Crippen molar-refractivity contribution in [2.24, 2.45) is 0 Å². The smallest absolute Gasteiger partial charge is 0.310 e. The summed E-state index contributed by atoms with van der Waals surface area (Å²) in [5.74, 6) is 1.76. The highest BCUT2D eigenvalue weighted by atomic mass is 16.5. The first-order chi connectivity index (χ1) is 8.20. The van der Waals surface area contributed by atoms with E-state index in [-0.39, 0.29) is 5.97 Å². The maximum absolute atomic E-state index is 11.4. The van der Waals surface area contributed by atoms with Crippen molar-refractivity contribution >= 4 is 5.97 Å². The van der Waals surface area contributed by atoms with Crippen molar-refractivity contribution in [1.82, 2.24) is 0 Å². The second-order valence-corrected chi connectivity index (χ2v) is 4.94. The van der Waals surface area contributed by atoms with Crippen molar-refractivity contribution in [2.45, 2.75) is 44.4 Å². The summed E-state index contributed by atoms with van der Waals surface area (Å²) in [7, 11) is 0. The molecular weight excluding hydrogens is 216 g/mol.